The fourth-order valence-electron chi connectivity index (χ4n) is 4.82. The summed E-state index contributed by atoms with van der Waals surface area (Å²) < 4.78 is 0. The highest BCUT2D eigenvalue weighted by Gasteiger charge is 2.44. The van der Waals surface area contributed by atoms with E-state index < -0.39 is 5.41 Å². The Morgan fingerprint density at radius 3 is 2.07 bits per heavy atom. The van der Waals surface area contributed by atoms with Crippen molar-refractivity contribution in [1.29, 1.82) is 5.26 Å². The second-order valence-corrected chi connectivity index (χ2v) is 8.21. The van der Waals surface area contributed by atoms with Gasteiger partial charge < -0.3 is 10.0 Å². The van der Waals surface area contributed by atoms with Crippen LogP contribution in [0, 0.1) is 17.2 Å². The first kappa shape index (κ1) is 20.2. The van der Waals surface area contributed by atoms with E-state index in [1.807, 2.05) is 48.5 Å². The highest BCUT2D eigenvalue weighted by molar-refractivity contribution is 5.47. The van der Waals surface area contributed by atoms with E-state index in [4.69, 9.17) is 0 Å². The molecule has 152 valence electrons. The Morgan fingerprint density at radius 2 is 1.50 bits per heavy atom. The van der Waals surface area contributed by atoms with E-state index in [2.05, 4.69) is 35.2 Å². The molecule has 0 aliphatic carbocycles. The van der Waals surface area contributed by atoms with E-state index >= 15 is 0 Å². The van der Waals surface area contributed by atoms with Crippen LogP contribution in [-0.4, -0.2) is 29.6 Å². The van der Waals surface area contributed by atoms with Crippen molar-refractivity contribution in [3.05, 3.63) is 102 Å². The van der Waals surface area contributed by atoms with Gasteiger partial charge in [-0.15, -0.1) is 0 Å². The Morgan fingerprint density at radius 1 is 0.900 bits per heavy atom. The van der Waals surface area contributed by atoms with E-state index in [1.54, 1.807) is 12.1 Å². The van der Waals surface area contributed by atoms with Crippen LogP contribution in [0.5, 0.6) is 5.75 Å². The van der Waals surface area contributed by atoms with Gasteiger partial charge in [0.1, 0.15) is 11.2 Å². The van der Waals surface area contributed by atoms with Crippen molar-refractivity contribution in [3.8, 4) is 11.8 Å². The molecule has 0 unspecified atom stereocenters. The van der Waals surface area contributed by atoms with E-state index in [-0.39, 0.29) is 5.92 Å². The summed E-state index contributed by atoms with van der Waals surface area (Å²) >= 11 is 0. The van der Waals surface area contributed by atoms with Gasteiger partial charge in [0.15, 0.2) is 0 Å². The lowest BCUT2D eigenvalue weighted by molar-refractivity contribution is 0.148. The SMILES string of the molecule is N#CC(c1ccccc1)(c1ccccc1)[C@H]1CCCN(CCc2ccc(O)cc2)C1. The average molecular weight is 397 g/mol. The molecule has 3 aromatic rings. The third-order valence-corrected chi connectivity index (χ3v) is 6.41. The van der Waals surface area contributed by atoms with E-state index in [1.165, 1.54) is 5.56 Å². The summed E-state index contributed by atoms with van der Waals surface area (Å²) in [4.78, 5) is 2.50. The topological polar surface area (TPSA) is 47.3 Å². The van der Waals surface area contributed by atoms with Gasteiger partial charge in [-0.2, -0.15) is 5.26 Å². The normalized spacial score (nSPS) is 17.4. The van der Waals surface area contributed by atoms with Crippen molar-refractivity contribution in [2.45, 2.75) is 24.7 Å². The molecule has 0 bridgehead atoms. The van der Waals surface area contributed by atoms with Gasteiger partial charge in [0, 0.05) is 13.1 Å². The van der Waals surface area contributed by atoms with Crippen LogP contribution < -0.4 is 0 Å². The van der Waals surface area contributed by atoms with E-state index in [9.17, 15) is 10.4 Å². The molecular weight excluding hydrogens is 368 g/mol. The van der Waals surface area contributed by atoms with Crippen LogP contribution in [0.2, 0.25) is 0 Å². The third-order valence-electron chi connectivity index (χ3n) is 6.41. The van der Waals surface area contributed by atoms with Crippen LogP contribution in [0.1, 0.15) is 29.5 Å². The van der Waals surface area contributed by atoms with Crippen molar-refractivity contribution < 1.29 is 5.11 Å². The molecular formula is C27H28N2O. The van der Waals surface area contributed by atoms with Crippen LogP contribution >= 0.6 is 0 Å². The molecule has 4 rings (SSSR count). The number of hydrogen-bond donors (Lipinski definition) is 1. The van der Waals surface area contributed by atoms with Crippen molar-refractivity contribution in [1.82, 2.24) is 4.90 Å². The van der Waals surface area contributed by atoms with Gasteiger partial charge in [-0.3, -0.25) is 0 Å². The van der Waals surface area contributed by atoms with Crippen LogP contribution in [0.3, 0.4) is 0 Å². The largest absolute Gasteiger partial charge is 0.508 e. The minimum atomic E-state index is -0.639. The van der Waals surface area contributed by atoms with Crippen molar-refractivity contribution in [3.63, 3.8) is 0 Å². The predicted octanol–water partition coefficient (Wildman–Crippen LogP) is 5.16. The molecule has 3 nitrogen and oxygen atoms in total. The van der Waals surface area contributed by atoms with Gasteiger partial charge in [-0.1, -0.05) is 72.8 Å². The van der Waals surface area contributed by atoms with Gasteiger partial charge in [0.25, 0.3) is 0 Å². The molecule has 0 radical (unpaired) electrons. The summed E-state index contributed by atoms with van der Waals surface area (Å²) in [7, 11) is 0. The second kappa shape index (κ2) is 9.15. The molecule has 0 spiro atoms. The number of nitrogens with zero attached hydrogens (tertiary/aromatic N) is 2. The molecule has 1 aliphatic rings. The number of aromatic hydroxyl groups is 1. The molecule has 1 atom stereocenters. The molecule has 1 saturated heterocycles. The highest BCUT2D eigenvalue weighted by Crippen LogP contribution is 2.42. The van der Waals surface area contributed by atoms with Crippen LogP contribution in [0.15, 0.2) is 84.9 Å². The number of phenols is 1. The Kier molecular flexibility index (Phi) is 6.16. The van der Waals surface area contributed by atoms with Gasteiger partial charge >= 0.3 is 0 Å². The lowest BCUT2D eigenvalue weighted by atomic mass is 9.64. The maximum Gasteiger partial charge on any atom is 0.115 e. The molecule has 1 N–H and O–H groups in total. The Labute approximate surface area is 179 Å². The standard InChI is InChI=1S/C27H28N2O/c28-21-27(23-8-3-1-4-9-23,24-10-5-2-6-11-24)25-12-7-18-29(20-25)19-17-22-13-15-26(30)16-14-22/h1-6,8-11,13-16,25,30H,7,12,17-20H2/t25-/m0/s1. The minimum absolute atomic E-state index is 0.237. The zero-order valence-electron chi connectivity index (χ0n) is 17.2. The van der Waals surface area contributed by atoms with Gasteiger partial charge in [-0.25, -0.2) is 0 Å². The summed E-state index contributed by atoms with van der Waals surface area (Å²) in [6.45, 7) is 2.95. The Bertz CT molecular complexity index is 937. The smallest absolute Gasteiger partial charge is 0.115 e. The maximum absolute atomic E-state index is 10.6. The Balaban J connectivity index is 1.59. The summed E-state index contributed by atoms with van der Waals surface area (Å²) in [6.07, 6.45) is 3.10. The number of nitriles is 1. The van der Waals surface area contributed by atoms with Crippen molar-refractivity contribution >= 4 is 0 Å². The number of phenolic OH excluding ortho intramolecular Hbond substituents is 1. The molecule has 0 amide bonds. The number of benzene rings is 3. The lowest BCUT2D eigenvalue weighted by Crippen LogP contribution is -2.46. The maximum atomic E-state index is 10.6. The molecule has 1 heterocycles. The fourth-order valence-corrected chi connectivity index (χ4v) is 4.82. The second-order valence-electron chi connectivity index (χ2n) is 8.21. The monoisotopic (exact) mass is 396 g/mol. The average Bonchev–Trinajstić information content (AvgIpc) is 2.81. The number of hydrogen-bond acceptors (Lipinski definition) is 3. The molecule has 1 aliphatic heterocycles. The van der Waals surface area contributed by atoms with Crippen LogP contribution in [0.25, 0.3) is 0 Å². The number of piperidine rings is 1. The van der Waals surface area contributed by atoms with Crippen LogP contribution in [0.4, 0.5) is 0 Å². The Hall–Kier alpha value is -3.09. The van der Waals surface area contributed by atoms with E-state index in [0.717, 1.165) is 50.0 Å². The van der Waals surface area contributed by atoms with Crippen LogP contribution in [-0.2, 0) is 11.8 Å². The first-order chi connectivity index (χ1) is 14.7. The van der Waals surface area contributed by atoms with E-state index in [0.29, 0.717) is 5.75 Å². The first-order valence-corrected chi connectivity index (χ1v) is 10.7. The molecule has 1 fully saturated rings. The zero-order chi connectivity index (χ0) is 20.8. The highest BCUT2D eigenvalue weighted by atomic mass is 16.3. The zero-order valence-corrected chi connectivity index (χ0v) is 17.2. The summed E-state index contributed by atoms with van der Waals surface area (Å²) in [5.74, 6) is 0.544. The van der Waals surface area contributed by atoms with Gasteiger partial charge in [0.2, 0.25) is 0 Å². The summed E-state index contributed by atoms with van der Waals surface area (Å²) in [6, 6.07) is 30.8. The quantitative estimate of drug-likeness (QED) is 0.626. The minimum Gasteiger partial charge on any atom is -0.508 e. The summed E-state index contributed by atoms with van der Waals surface area (Å²) in [5.41, 5.74) is 2.76. The van der Waals surface area contributed by atoms with Gasteiger partial charge in [0.05, 0.1) is 6.07 Å². The molecule has 0 saturated carbocycles. The molecule has 3 aromatic carbocycles. The summed E-state index contributed by atoms with van der Waals surface area (Å²) in [5, 5.41) is 20.1. The molecule has 3 heteroatoms. The number of rotatable bonds is 6. The fraction of sp³-hybridized carbons (Fsp3) is 0.296. The predicted molar refractivity (Wildman–Crippen MR) is 120 cm³/mol. The third kappa shape index (κ3) is 4.10. The number of likely N-dealkylation sites (tertiary alicyclic amines) is 1. The lowest BCUT2D eigenvalue weighted by Gasteiger charge is -2.42. The van der Waals surface area contributed by atoms with Crippen molar-refractivity contribution in [2.24, 2.45) is 5.92 Å². The van der Waals surface area contributed by atoms with Crippen molar-refractivity contribution in [2.75, 3.05) is 19.6 Å². The first-order valence-electron chi connectivity index (χ1n) is 10.7. The molecule has 30 heavy (non-hydrogen) atoms. The molecule has 0 aromatic heterocycles. The van der Waals surface area contributed by atoms with Gasteiger partial charge in [-0.05, 0) is 60.5 Å².